The standard InChI is InChI=1S/C23H32N6O/c30-23(28-17-4-1-2-5-18(28)7-3-6-17)16-14-27(15-16)22-19-8-11-24-12-9-20(19)26-21-10-13-25-29(21)22/h10,13,16-18,24H,1-9,11-12,14-15H2. The maximum Gasteiger partial charge on any atom is 0.229 e. The van der Waals surface area contributed by atoms with E-state index in [1.807, 2.05) is 16.8 Å². The van der Waals surface area contributed by atoms with Crippen molar-refractivity contribution >= 4 is 17.4 Å². The predicted octanol–water partition coefficient (Wildman–Crippen LogP) is 2.18. The molecule has 2 aromatic rings. The molecule has 0 aliphatic carbocycles. The topological polar surface area (TPSA) is 65.8 Å². The molecule has 2 unspecified atom stereocenters. The number of carbonyl (C=O) groups is 1. The van der Waals surface area contributed by atoms with Crippen LogP contribution in [-0.2, 0) is 17.6 Å². The first-order chi connectivity index (χ1) is 14.8. The molecular weight excluding hydrogens is 376 g/mol. The third kappa shape index (κ3) is 3.01. The molecule has 4 aliphatic rings. The number of anilines is 1. The molecule has 7 nitrogen and oxygen atoms in total. The number of nitrogens with zero attached hydrogens (tertiary/aromatic N) is 5. The largest absolute Gasteiger partial charge is 0.354 e. The van der Waals surface area contributed by atoms with Crippen LogP contribution in [0.2, 0.25) is 0 Å². The molecule has 0 aromatic carbocycles. The number of fused-ring (bicyclic) bond motifs is 4. The zero-order valence-electron chi connectivity index (χ0n) is 17.7. The van der Waals surface area contributed by atoms with Gasteiger partial charge < -0.3 is 15.1 Å². The van der Waals surface area contributed by atoms with Gasteiger partial charge in [0.2, 0.25) is 5.91 Å². The highest BCUT2D eigenvalue weighted by Gasteiger charge is 2.43. The molecule has 0 spiro atoms. The molecule has 160 valence electrons. The van der Waals surface area contributed by atoms with Crippen LogP contribution in [0.3, 0.4) is 0 Å². The van der Waals surface area contributed by atoms with Gasteiger partial charge in [-0.3, -0.25) is 4.79 Å². The average Bonchev–Trinajstić information content (AvgIpc) is 3.00. The minimum atomic E-state index is 0.129. The number of hydrogen-bond acceptors (Lipinski definition) is 5. The molecule has 2 aromatic heterocycles. The van der Waals surface area contributed by atoms with E-state index in [0.717, 1.165) is 44.7 Å². The van der Waals surface area contributed by atoms with Gasteiger partial charge >= 0.3 is 0 Å². The second kappa shape index (κ2) is 7.52. The van der Waals surface area contributed by atoms with Gasteiger partial charge in [-0.2, -0.15) is 9.61 Å². The highest BCUT2D eigenvalue weighted by Crippen LogP contribution is 2.37. The van der Waals surface area contributed by atoms with Crippen molar-refractivity contribution in [1.82, 2.24) is 24.8 Å². The summed E-state index contributed by atoms with van der Waals surface area (Å²) in [5, 5.41) is 8.07. The van der Waals surface area contributed by atoms with E-state index in [9.17, 15) is 4.79 Å². The Morgan fingerprint density at radius 3 is 2.53 bits per heavy atom. The molecule has 0 radical (unpaired) electrons. The van der Waals surface area contributed by atoms with Crippen LogP contribution in [0.4, 0.5) is 5.82 Å². The molecule has 3 saturated heterocycles. The van der Waals surface area contributed by atoms with Crippen LogP contribution < -0.4 is 10.2 Å². The Balaban J connectivity index is 1.26. The van der Waals surface area contributed by atoms with Gasteiger partial charge in [-0.05, 0) is 45.1 Å². The Morgan fingerprint density at radius 2 is 1.73 bits per heavy atom. The van der Waals surface area contributed by atoms with Crippen LogP contribution in [0.15, 0.2) is 12.3 Å². The molecule has 0 saturated carbocycles. The van der Waals surface area contributed by atoms with Crippen LogP contribution in [0.25, 0.3) is 5.65 Å². The molecule has 6 rings (SSSR count). The van der Waals surface area contributed by atoms with Gasteiger partial charge in [0.1, 0.15) is 5.82 Å². The number of piperidine rings is 1. The summed E-state index contributed by atoms with van der Waals surface area (Å²) in [6.45, 7) is 3.58. The van der Waals surface area contributed by atoms with E-state index in [-0.39, 0.29) is 5.92 Å². The molecule has 1 N–H and O–H groups in total. The second-order valence-electron chi connectivity index (χ2n) is 9.58. The molecule has 7 heteroatoms. The van der Waals surface area contributed by atoms with E-state index in [1.165, 1.54) is 62.0 Å². The van der Waals surface area contributed by atoms with Crippen LogP contribution in [0.5, 0.6) is 0 Å². The van der Waals surface area contributed by atoms with Crippen molar-refractivity contribution in [2.24, 2.45) is 5.92 Å². The van der Waals surface area contributed by atoms with Gasteiger partial charge in [0, 0.05) is 49.8 Å². The maximum atomic E-state index is 13.5. The van der Waals surface area contributed by atoms with Gasteiger partial charge in [-0.1, -0.05) is 12.8 Å². The summed E-state index contributed by atoms with van der Waals surface area (Å²) in [5.74, 6) is 1.72. The molecule has 4 aliphatic heterocycles. The highest BCUT2D eigenvalue weighted by atomic mass is 16.2. The van der Waals surface area contributed by atoms with Crippen molar-refractivity contribution in [2.75, 3.05) is 31.1 Å². The first kappa shape index (κ1) is 18.6. The third-order valence-electron chi connectivity index (χ3n) is 7.75. The van der Waals surface area contributed by atoms with E-state index >= 15 is 0 Å². The Bertz CT molecular complexity index is 935. The fraction of sp³-hybridized carbons (Fsp3) is 0.696. The van der Waals surface area contributed by atoms with Gasteiger partial charge in [0.25, 0.3) is 0 Å². The second-order valence-corrected chi connectivity index (χ2v) is 9.58. The lowest BCUT2D eigenvalue weighted by atomic mass is 9.90. The highest BCUT2D eigenvalue weighted by molar-refractivity contribution is 5.83. The number of hydrogen-bond donors (Lipinski definition) is 1. The van der Waals surface area contributed by atoms with Crippen molar-refractivity contribution in [1.29, 1.82) is 0 Å². The van der Waals surface area contributed by atoms with Crippen LogP contribution in [0, 0.1) is 5.92 Å². The Labute approximate surface area is 177 Å². The monoisotopic (exact) mass is 408 g/mol. The number of rotatable bonds is 2. The molecule has 30 heavy (non-hydrogen) atoms. The number of nitrogens with one attached hydrogen (secondary N) is 1. The first-order valence-electron chi connectivity index (χ1n) is 11.9. The fourth-order valence-corrected chi connectivity index (χ4v) is 6.21. The van der Waals surface area contributed by atoms with Gasteiger partial charge in [-0.15, -0.1) is 0 Å². The average molecular weight is 409 g/mol. The minimum absolute atomic E-state index is 0.129. The van der Waals surface area contributed by atoms with Gasteiger partial charge in [0.05, 0.1) is 17.8 Å². The molecule has 3 fully saturated rings. The third-order valence-corrected chi connectivity index (χ3v) is 7.75. The van der Waals surface area contributed by atoms with Gasteiger partial charge in [-0.25, -0.2) is 4.98 Å². The predicted molar refractivity (Wildman–Crippen MR) is 116 cm³/mol. The van der Waals surface area contributed by atoms with Crippen molar-refractivity contribution in [3.05, 3.63) is 23.5 Å². The van der Waals surface area contributed by atoms with Crippen molar-refractivity contribution in [3.63, 3.8) is 0 Å². The van der Waals surface area contributed by atoms with E-state index in [2.05, 4.69) is 20.2 Å². The van der Waals surface area contributed by atoms with Gasteiger partial charge in [0.15, 0.2) is 5.65 Å². The Morgan fingerprint density at radius 1 is 1.00 bits per heavy atom. The molecule has 1 amide bonds. The Kier molecular flexibility index (Phi) is 4.66. The molecule has 6 heterocycles. The Hall–Kier alpha value is -2.15. The summed E-state index contributed by atoms with van der Waals surface area (Å²) < 4.78 is 1.99. The van der Waals surface area contributed by atoms with Crippen molar-refractivity contribution in [3.8, 4) is 0 Å². The zero-order valence-corrected chi connectivity index (χ0v) is 17.7. The zero-order chi connectivity index (χ0) is 20.1. The maximum absolute atomic E-state index is 13.5. The normalized spacial score (nSPS) is 27.3. The van der Waals surface area contributed by atoms with Crippen molar-refractivity contribution < 1.29 is 4.79 Å². The van der Waals surface area contributed by atoms with E-state index in [4.69, 9.17) is 4.98 Å². The first-order valence-corrected chi connectivity index (χ1v) is 11.9. The number of carbonyl (C=O) groups excluding carboxylic acids is 1. The summed E-state index contributed by atoms with van der Waals surface area (Å²) in [5.41, 5.74) is 3.43. The lowest BCUT2D eigenvalue weighted by molar-refractivity contribution is -0.143. The minimum Gasteiger partial charge on any atom is -0.354 e. The fourth-order valence-electron chi connectivity index (χ4n) is 6.21. The quantitative estimate of drug-likeness (QED) is 0.825. The van der Waals surface area contributed by atoms with E-state index in [1.54, 1.807) is 0 Å². The van der Waals surface area contributed by atoms with Crippen LogP contribution in [0.1, 0.15) is 56.2 Å². The lowest BCUT2D eigenvalue weighted by Crippen LogP contribution is -2.59. The summed E-state index contributed by atoms with van der Waals surface area (Å²) in [6.07, 6.45) is 12.5. The van der Waals surface area contributed by atoms with E-state index < -0.39 is 0 Å². The smallest absolute Gasteiger partial charge is 0.229 e. The molecule has 2 bridgehead atoms. The lowest BCUT2D eigenvalue weighted by Gasteiger charge is -2.47. The summed E-state index contributed by atoms with van der Waals surface area (Å²) in [4.78, 5) is 23.1. The summed E-state index contributed by atoms with van der Waals surface area (Å²) >= 11 is 0. The van der Waals surface area contributed by atoms with Crippen LogP contribution in [-0.4, -0.2) is 63.7 Å². The molecule has 2 atom stereocenters. The summed E-state index contributed by atoms with van der Waals surface area (Å²) in [7, 11) is 0. The number of aromatic nitrogens is 3. The van der Waals surface area contributed by atoms with E-state index in [0.29, 0.717) is 18.0 Å². The SMILES string of the molecule is O=C(C1CN(c2c3c(nc4ccnn24)CCNCC3)C1)N1C2CCCCC1CCC2. The summed E-state index contributed by atoms with van der Waals surface area (Å²) in [6, 6.07) is 2.98. The van der Waals surface area contributed by atoms with Crippen LogP contribution >= 0.6 is 0 Å². The molecular formula is C23H32N6O. The van der Waals surface area contributed by atoms with Crippen molar-refractivity contribution in [2.45, 2.75) is 69.9 Å². The number of amides is 1.